The van der Waals surface area contributed by atoms with Crippen LogP contribution in [0.5, 0.6) is 0 Å². The fourth-order valence-electron chi connectivity index (χ4n) is 2.55. The third-order valence-corrected chi connectivity index (χ3v) is 6.67. The van der Waals surface area contributed by atoms with Crippen molar-refractivity contribution in [2.24, 2.45) is 0 Å². The van der Waals surface area contributed by atoms with Crippen LogP contribution < -0.4 is 9.44 Å². The van der Waals surface area contributed by atoms with Gasteiger partial charge in [-0.15, -0.1) is 0 Å². The summed E-state index contributed by atoms with van der Waals surface area (Å²) < 4.78 is 67.2. The highest BCUT2D eigenvalue weighted by atomic mass is 32.2. The number of sulfonamides is 2. The molecule has 152 valence electrons. The van der Waals surface area contributed by atoms with E-state index < -0.39 is 25.9 Å². The summed E-state index contributed by atoms with van der Waals surface area (Å²) in [6, 6.07) is 17.4. The predicted molar refractivity (Wildman–Crippen MR) is 111 cm³/mol. The number of benzene rings is 3. The number of hydrogen-bond acceptors (Lipinski definition) is 4. The molecule has 0 aliphatic rings. The van der Waals surface area contributed by atoms with Crippen molar-refractivity contribution >= 4 is 31.4 Å². The monoisotopic (exact) mass is 434 g/mol. The lowest BCUT2D eigenvalue weighted by Crippen LogP contribution is -2.16. The average Bonchev–Trinajstić information content (AvgIpc) is 2.65. The highest BCUT2D eigenvalue weighted by molar-refractivity contribution is 7.92. The Morgan fingerprint density at radius 1 is 0.724 bits per heavy atom. The summed E-state index contributed by atoms with van der Waals surface area (Å²) >= 11 is 0. The molecule has 0 radical (unpaired) electrons. The van der Waals surface area contributed by atoms with Gasteiger partial charge in [0.2, 0.25) is 10.0 Å². The third-order valence-electron chi connectivity index (χ3n) is 4.01. The first-order valence-electron chi connectivity index (χ1n) is 8.57. The Balaban J connectivity index is 1.70. The molecule has 3 rings (SSSR count). The van der Waals surface area contributed by atoms with Gasteiger partial charge in [-0.25, -0.2) is 21.2 Å². The van der Waals surface area contributed by atoms with E-state index in [9.17, 15) is 21.2 Å². The van der Waals surface area contributed by atoms with Crippen molar-refractivity contribution in [2.45, 2.75) is 17.6 Å². The second kappa shape index (κ2) is 8.22. The van der Waals surface area contributed by atoms with Gasteiger partial charge in [-0.3, -0.25) is 9.44 Å². The highest BCUT2D eigenvalue weighted by Crippen LogP contribution is 2.20. The van der Waals surface area contributed by atoms with E-state index in [4.69, 9.17) is 0 Å². The van der Waals surface area contributed by atoms with E-state index in [0.717, 1.165) is 17.7 Å². The predicted octanol–water partition coefficient (Wildman–Crippen LogP) is 3.88. The van der Waals surface area contributed by atoms with Gasteiger partial charge in [0.15, 0.2) is 0 Å². The molecular weight excluding hydrogens is 415 g/mol. The molecule has 0 heterocycles. The zero-order chi connectivity index (χ0) is 21.1. The van der Waals surface area contributed by atoms with Crippen LogP contribution in [-0.4, -0.2) is 16.8 Å². The lowest BCUT2D eigenvalue weighted by molar-refractivity contribution is 0.599. The summed E-state index contributed by atoms with van der Waals surface area (Å²) in [7, 11) is -7.54. The minimum Gasteiger partial charge on any atom is -0.283 e. The Morgan fingerprint density at radius 3 is 1.83 bits per heavy atom. The molecule has 0 saturated carbocycles. The second-order valence-electron chi connectivity index (χ2n) is 6.48. The van der Waals surface area contributed by atoms with Crippen molar-refractivity contribution in [3.8, 4) is 0 Å². The number of hydrogen-bond donors (Lipinski definition) is 2. The van der Waals surface area contributed by atoms with Gasteiger partial charge < -0.3 is 0 Å². The molecule has 9 heteroatoms. The first kappa shape index (κ1) is 20.8. The van der Waals surface area contributed by atoms with Gasteiger partial charge in [-0.05, 0) is 61.0 Å². The van der Waals surface area contributed by atoms with E-state index in [1.165, 1.54) is 36.4 Å². The van der Waals surface area contributed by atoms with Gasteiger partial charge in [0.25, 0.3) is 10.0 Å². The van der Waals surface area contributed by atoms with Crippen LogP contribution in [0.1, 0.15) is 11.1 Å². The third kappa shape index (κ3) is 5.78. The summed E-state index contributed by atoms with van der Waals surface area (Å²) in [5.41, 5.74) is 2.14. The molecule has 3 aromatic rings. The smallest absolute Gasteiger partial charge is 0.261 e. The lowest BCUT2D eigenvalue weighted by Gasteiger charge is -2.11. The highest BCUT2D eigenvalue weighted by Gasteiger charge is 2.16. The molecule has 3 aromatic carbocycles. The first-order chi connectivity index (χ1) is 13.6. The molecule has 0 aliphatic carbocycles. The van der Waals surface area contributed by atoms with Crippen LogP contribution in [0.3, 0.4) is 0 Å². The van der Waals surface area contributed by atoms with Crippen LogP contribution in [-0.2, 0) is 25.8 Å². The van der Waals surface area contributed by atoms with Crippen LogP contribution in [0.25, 0.3) is 0 Å². The SMILES string of the molecule is Cc1ccc(CS(=O)(=O)Nc2ccc(S(=O)(=O)Nc3ccc(F)cc3)cc2)cc1. The van der Waals surface area contributed by atoms with E-state index in [0.29, 0.717) is 5.56 Å². The van der Waals surface area contributed by atoms with Crippen molar-refractivity contribution in [1.29, 1.82) is 0 Å². The molecule has 0 aromatic heterocycles. The van der Waals surface area contributed by atoms with Gasteiger partial charge >= 0.3 is 0 Å². The molecule has 6 nitrogen and oxygen atoms in total. The van der Waals surface area contributed by atoms with Crippen LogP contribution in [0.15, 0.2) is 77.7 Å². The van der Waals surface area contributed by atoms with E-state index in [1.807, 2.05) is 19.1 Å². The minimum atomic E-state index is -3.89. The average molecular weight is 435 g/mol. The molecular formula is C20H19FN2O4S2. The van der Waals surface area contributed by atoms with E-state index >= 15 is 0 Å². The fourth-order valence-corrected chi connectivity index (χ4v) is 4.81. The molecule has 0 fully saturated rings. The molecule has 0 aliphatic heterocycles. The van der Waals surface area contributed by atoms with Gasteiger partial charge in [0, 0.05) is 11.4 Å². The van der Waals surface area contributed by atoms with Crippen molar-refractivity contribution in [3.63, 3.8) is 0 Å². The zero-order valence-corrected chi connectivity index (χ0v) is 17.1. The van der Waals surface area contributed by atoms with Crippen LogP contribution in [0, 0.1) is 12.7 Å². The van der Waals surface area contributed by atoms with E-state index in [2.05, 4.69) is 9.44 Å². The number of nitrogens with one attached hydrogen (secondary N) is 2. The standard InChI is InChI=1S/C20H19FN2O4S2/c1-15-2-4-16(5-3-15)14-28(24,25)22-18-10-12-20(13-11-18)29(26,27)23-19-8-6-17(21)7-9-19/h2-13,22-23H,14H2,1H3. The summed E-state index contributed by atoms with van der Waals surface area (Å²) in [4.78, 5) is -0.0525. The quantitative estimate of drug-likeness (QED) is 0.590. The Morgan fingerprint density at radius 2 is 1.24 bits per heavy atom. The first-order valence-corrected chi connectivity index (χ1v) is 11.7. The maximum Gasteiger partial charge on any atom is 0.261 e. The Labute approximate surface area is 169 Å². The lowest BCUT2D eigenvalue weighted by atomic mass is 10.2. The van der Waals surface area contributed by atoms with Gasteiger partial charge in [-0.1, -0.05) is 29.8 Å². The molecule has 0 bridgehead atoms. The van der Waals surface area contributed by atoms with E-state index in [1.54, 1.807) is 12.1 Å². The second-order valence-corrected chi connectivity index (χ2v) is 9.89. The van der Waals surface area contributed by atoms with Crippen LogP contribution in [0.2, 0.25) is 0 Å². The Bertz CT molecular complexity index is 1190. The molecule has 0 unspecified atom stereocenters. The molecule has 0 spiro atoms. The van der Waals surface area contributed by atoms with Crippen molar-refractivity contribution < 1.29 is 21.2 Å². The number of halogens is 1. The molecule has 0 saturated heterocycles. The van der Waals surface area contributed by atoms with Crippen molar-refractivity contribution in [3.05, 3.63) is 89.7 Å². The summed E-state index contributed by atoms with van der Waals surface area (Å²) in [5, 5.41) is 0. The Kier molecular flexibility index (Phi) is 5.90. The largest absolute Gasteiger partial charge is 0.283 e. The minimum absolute atomic E-state index is 0.0525. The van der Waals surface area contributed by atoms with E-state index in [-0.39, 0.29) is 22.0 Å². The normalized spacial score (nSPS) is 11.8. The van der Waals surface area contributed by atoms with Gasteiger partial charge in [0.05, 0.1) is 10.6 Å². The molecule has 0 atom stereocenters. The van der Waals surface area contributed by atoms with Gasteiger partial charge in [0.1, 0.15) is 5.82 Å². The van der Waals surface area contributed by atoms with Crippen molar-refractivity contribution in [1.82, 2.24) is 0 Å². The number of anilines is 2. The summed E-state index contributed by atoms with van der Waals surface area (Å²) in [5.74, 6) is -0.672. The fraction of sp³-hybridized carbons (Fsp3) is 0.100. The molecule has 0 amide bonds. The topological polar surface area (TPSA) is 92.3 Å². The molecule has 29 heavy (non-hydrogen) atoms. The van der Waals surface area contributed by atoms with Crippen LogP contribution in [0.4, 0.5) is 15.8 Å². The number of rotatable bonds is 7. The molecule has 2 N–H and O–H groups in total. The maximum absolute atomic E-state index is 12.9. The van der Waals surface area contributed by atoms with Gasteiger partial charge in [-0.2, -0.15) is 0 Å². The summed E-state index contributed by atoms with van der Waals surface area (Å²) in [6.45, 7) is 1.91. The van der Waals surface area contributed by atoms with Crippen molar-refractivity contribution in [2.75, 3.05) is 9.44 Å². The maximum atomic E-state index is 12.9. The summed E-state index contributed by atoms with van der Waals surface area (Å²) in [6.07, 6.45) is 0. The zero-order valence-electron chi connectivity index (χ0n) is 15.5. The van der Waals surface area contributed by atoms with Crippen LogP contribution >= 0.6 is 0 Å². The Hall–Kier alpha value is -2.91. The number of aryl methyl sites for hydroxylation is 1.